The van der Waals surface area contributed by atoms with Crippen LogP contribution in [0.25, 0.3) is 0 Å². The second kappa shape index (κ2) is 5.73. The number of furan rings is 1. The summed E-state index contributed by atoms with van der Waals surface area (Å²) >= 11 is 0. The van der Waals surface area contributed by atoms with E-state index in [0.717, 1.165) is 28.6 Å². The van der Waals surface area contributed by atoms with Gasteiger partial charge in [0.1, 0.15) is 17.3 Å². The van der Waals surface area contributed by atoms with Crippen molar-refractivity contribution in [3.8, 4) is 0 Å². The van der Waals surface area contributed by atoms with Crippen molar-refractivity contribution in [3.05, 3.63) is 54.2 Å². The summed E-state index contributed by atoms with van der Waals surface area (Å²) in [6.45, 7) is -0.217. The third-order valence-electron chi connectivity index (χ3n) is 3.70. The molecule has 23 heavy (non-hydrogen) atoms. The molecule has 0 atom stereocenters. The van der Waals surface area contributed by atoms with Crippen molar-refractivity contribution < 1.29 is 25.6 Å². The largest absolute Gasteiger partial charge is 0.468 e. The van der Waals surface area contributed by atoms with E-state index in [1.165, 1.54) is 6.26 Å². The molecule has 0 saturated carbocycles. The molecule has 6 nitrogen and oxygen atoms in total. The van der Waals surface area contributed by atoms with E-state index in [-0.39, 0.29) is 23.7 Å². The van der Waals surface area contributed by atoms with E-state index in [2.05, 4.69) is 0 Å². The van der Waals surface area contributed by atoms with Gasteiger partial charge in [-0.25, -0.2) is 21.2 Å². The molecular weight excluding hydrogens is 345 g/mol. The van der Waals surface area contributed by atoms with Crippen LogP contribution in [0.15, 0.2) is 52.0 Å². The summed E-state index contributed by atoms with van der Waals surface area (Å²) in [5, 5.41) is -0.761. The van der Waals surface area contributed by atoms with Crippen LogP contribution >= 0.6 is 0 Å². The number of sulfonamides is 1. The van der Waals surface area contributed by atoms with Crippen molar-refractivity contribution in [1.29, 1.82) is 0 Å². The fraction of sp³-hybridized carbons (Fsp3) is 0.286. The van der Waals surface area contributed by atoms with Gasteiger partial charge in [-0.1, -0.05) is 0 Å². The lowest BCUT2D eigenvalue weighted by Gasteiger charge is -2.37. The topological polar surface area (TPSA) is 84.7 Å². The molecule has 2 aromatic rings. The summed E-state index contributed by atoms with van der Waals surface area (Å²) < 4.78 is 68.0. The summed E-state index contributed by atoms with van der Waals surface area (Å²) in [6.07, 6.45) is 1.39. The fourth-order valence-corrected chi connectivity index (χ4v) is 5.62. The van der Waals surface area contributed by atoms with Gasteiger partial charge >= 0.3 is 0 Å². The van der Waals surface area contributed by atoms with Crippen molar-refractivity contribution >= 4 is 19.9 Å². The molecule has 2 heterocycles. The van der Waals surface area contributed by atoms with Crippen LogP contribution in [-0.2, 0) is 25.6 Å². The molecule has 1 fully saturated rings. The maximum absolute atomic E-state index is 12.9. The summed E-state index contributed by atoms with van der Waals surface area (Å²) in [6, 6.07) is 7.58. The van der Waals surface area contributed by atoms with Crippen LogP contribution < -0.4 is 0 Å². The van der Waals surface area contributed by atoms with Crippen LogP contribution in [0.1, 0.15) is 5.76 Å². The van der Waals surface area contributed by atoms with E-state index < -0.39 is 30.9 Å². The van der Waals surface area contributed by atoms with Crippen LogP contribution in [0.5, 0.6) is 0 Å². The van der Waals surface area contributed by atoms with Crippen LogP contribution in [-0.4, -0.2) is 39.5 Å². The molecule has 0 amide bonds. The summed E-state index contributed by atoms with van der Waals surface area (Å²) in [5.41, 5.74) is 0. The van der Waals surface area contributed by atoms with Gasteiger partial charge in [0.15, 0.2) is 9.84 Å². The summed E-state index contributed by atoms with van der Waals surface area (Å²) in [7, 11) is -7.28. The summed E-state index contributed by atoms with van der Waals surface area (Å²) in [4.78, 5) is -0.0548. The maximum atomic E-state index is 12.9. The molecule has 9 heteroatoms. The van der Waals surface area contributed by atoms with E-state index in [1.54, 1.807) is 12.1 Å². The van der Waals surface area contributed by atoms with Gasteiger partial charge < -0.3 is 4.42 Å². The molecule has 1 aromatic heterocycles. The van der Waals surface area contributed by atoms with E-state index in [1.807, 2.05) is 0 Å². The van der Waals surface area contributed by atoms with Gasteiger partial charge in [-0.15, -0.1) is 0 Å². The Hall–Kier alpha value is -1.71. The van der Waals surface area contributed by atoms with Gasteiger partial charge in [-0.3, -0.25) is 0 Å². The molecule has 0 spiro atoms. The Labute approximate surface area is 133 Å². The first kappa shape index (κ1) is 16.2. The molecule has 0 bridgehead atoms. The zero-order chi connectivity index (χ0) is 16.7. The van der Waals surface area contributed by atoms with E-state index in [4.69, 9.17) is 4.42 Å². The molecule has 1 aliphatic rings. The lowest BCUT2D eigenvalue weighted by Crippen LogP contribution is -2.56. The first-order valence-electron chi connectivity index (χ1n) is 6.79. The Kier molecular flexibility index (Phi) is 4.03. The van der Waals surface area contributed by atoms with Crippen LogP contribution in [0.2, 0.25) is 0 Å². The van der Waals surface area contributed by atoms with Crippen LogP contribution in [0.3, 0.4) is 0 Å². The predicted molar refractivity (Wildman–Crippen MR) is 80.3 cm³/mol. The Bertz CT molecular complexity index is 883. The Morgan fingerprint density at radius 3 is 2.30 bits per heavy atom. The normalized spacial score (nSPS) is 17.1. The van der Waals surface area contributed by atoms with Gasteiger partial charge in [0, 0.05) is 13.1 Å². The van der Waals surface area contributed by atoms with E-state index in [9.17, 15) is 21.2 Å². The highest BCUT2D eigenvalue weighted by molar-refractivity contribution is 7.92. The number of hydrogen-bond acceptors (Lipinski definition) is 5. The summed E-state index contributed by atoms with van der Waals surface area (Å²) in [5.74, 6) is -0.467. The first-order valence-corrected chi connectivity index (χ1v) is 9.94. The molecule has 3 rings (SSSR count). The highest BCUT2D eigenvalue weighted by Crippen LogP contribution is 2.27. The third kappa shape index (κ3) is 3.17. The number of sulfone groups is 1. The zero-order valence-electron chi connectivity index (χ0n) is 11.9. The molecule has 0 unspecified atom stereocenters. The van der Waals surface area contributed by atoms with Crippen LogP contribution in [0.4, 0.5) is 4.39 Å². The molecule has 124 valence electrons. The number of nitrogens with zero attached hydrogens (tertiary/aromatic N) is 1. The third-order valence-corrected chi connectivity index (χ3v) is 7.54. The van der Waals surface area contributed by atoms with Crippen molar-refractivity contribution in [2.24, 2.45) is 0 Å². The minimum atomic E-state index is -3.80. The molecule has 1 aliphatic heterocycles. The van der Waals surface area contributed by atoms with Gasteiger partial charge in [0.05, 0.1) is 16.4 Å². The molecule has 0 radical (unpaired) electrons. The van der Waals surface area contributed by atoms with Crippen molar-refractivity contribution in [2.75, 3.05) is 13.1 Å². The average molecular weight is 359 g/mol. The second-order valence-electron chi connectivity index (χ2n) is 5.28. The quantitative estimate of drug-likeness (QED) is 0.806. The number of rotatable bonds is 5. The van der Waals surface area contributed by atoms with E-state index >= 15 is 0 Å². The number of benzene rings is 1. The lowest BCUT2D eigenvalue weighted by atomic mass is 10.3. The van der Waals surface area contributed by atoms with Gasteiger partial charge in [-0.05, 0) is 36.4 Å². The predicted octanol–water partition coefficient (Wildman–Crippen LogP) is 1.41. The number of hydrogen-bond donors (Lipinski definition) is 0. The smallest absolute Gasteiger partial charge is 0.243 e. The Morgan fingerprint density at radius 1 is 1.09 bits per heavy atom. The van der Waals surface area contributed by atoms with Crippen LogP contribution in [0, 0.1) is 5.82 Å². The lowest BCUT2D eigenvalue weighted by molar-refractivity contribution is 0.309. The highest BCUT2D eigenvalue weighted by atomic mass is 32.2. The molecule has 0 aliphatic carbocycles. The van der Waals surface area contributed by atoms with E-state index in [0.29, 0.717) is 5.76 Å². The van der Waals surface area contributed by atoms with Gasteiger partial charge in [0.25, 0.3) is 0 Å². The minimum absolute atomic E-state index is 0.0548. The monoisotopic (exact) mass is 359 g/mol. The van der Waals surface area contributed by atoms with Gasteiger partial charge in [0.2, 0.25) is 10.0 Å². The first-order chi connectivity index (χ1) is 10.8. The SMILES string of the molecule is O=S(=O)(Cc1ccco1)C1CN(S(=O)(=O)c2ccc(F)cc2)C1. The zero-order valence-corrected chi connectivity index (χ0v) is 13.6. The second-order valence-corrected chi connectivity index (χ2v) is 9.50. The number of halogens is 1. The van der Waals surface area contributed by atoms with Gasteiger partial charge in [-0.2, -0.15) is 4.31 Å². The Morgan fingerprint density at radius 2 is 1.74 bits per heavy atom. The minimum Gasteiger partial charge on any atom is -0.468 e. The highest BCUT2D eigenvalue weighted by Gasteiger charge is 2.43. The average Bonchev–Trinajstić information content (AvgIpc) is 2.88. The molecule has 1 aromatic carbocycles. The fourth-order valence-electron chi connectivity index (χ4n) is 2.29. The standard InChI is InChI=1S/C14H14FNO5S2/c15-11-3-5-13(6-4-11)23(19,20)16-8-14(9-16)22(17,18)10-12-2-1-7-21-12/h1-7,14H,8-10H2. The molecule has 1 saturated heterocycles. The molecule has 0 N–H and O–H groups in total. The van der Waals surface area contributed by atoms with Crippen molar-refractivity contribution in [3.63, 3.8) is 0 Å². The maximum Gasteiger partial charge on any atom is 0.243 e. The van der Waals surface area contributed by atoms with Crippen molar-refractivity contribution in [1.82, 2.24) is 4.31 Å². The molecular formula is C14H14FNO5S2. The van der Waals surface area contributed by atoms with Crippen molar-refractivity contribution in [2.45, 2.75) is 15.9 Å². The Balaban J connectivity index is 1.69.